The zero-order chi connectivity index (χ0) is 21.2. The molecule has 0 radical (unpaired) electrons. The number of hydrogen-bond acceptors (Lipinski definition) is 5. The van der Waals surface area contributed by atoms with Crippen LogP contribution in [-0.4, -0.2) is 39.7 Å². The zero-order valence-corrected chi connectivity index (χ0v) is 20.1. The first kappa shape index (κ1) is 22.2. The maximum Gasteiger partial charge on any atom is 0.262 e. The van der Waals surface area contributed by atoms with E-state index in [1.807, 2.05) is 32.0 Å². The molecule has 8 heteroatoms. The van der Waals surface area contributed by atoms with Crippen LogP contribution in [-0.2, 0) is 10.0 Å². The van der Waals surface area contributed by atoms with Crippen molar-refractivity contribution in [1.29, 1.82) is 0 Å². The van der Waals surface area contributed by atoms with Gasteiger partial charge in [0.2, 0.25) is 0 Å². The van der Waals surface area contributed by atoms with Crippen molar-refractivity contribution in [3.63, 3.8) is 0 Å². The van der Waals surface area contributed by atoms with E-state index in [0.29, 0.717) is 23.5 Å². The van der Waals surface area contributed by atoms with Crippen LogP contribution >= 0.6 is 22.6 Å². The summed E-state index contributed by atoms with van der Waals surface area (Å²) in [4.78, 5) is 2.50. The predicted molar refractivity (Wildman–Crippen MR) is 126 cm³/mol. The van der Waals surface area contributed by atoms with E-state index in [1.165, 1.54) is 0 Å². The number of anilines is 2. The fourth-order valence-electron chi connectivity index (χ4n) is 3.51. The summed E-state index contributed by atoms with van der Waals surface area (Å²) in [6, 6.07) is 13.2. The molecule has 2 N–H and O–H groups in total. The van der Waals surface area contributed by atoms with Gasteiger partial charge in [0.05, 0.1) is 16.7 Å². The lowest BCUT2D eigenvalue weighted by Gasteiger charge is -2.38. The summed E-state index contributed by atoms with van der Waals surface area (Å²) in [6.45, 7) is 9.87. The maximum absolute atomic E-state index is 12.9. The number of benzene rings is 2. The predicted octanol–water partition coefficient (Wildman–Crippen LogP) is 4.07. The number of rotatable bonds is 6. The molecule has 0 saturated carbocycles. The fourth-order valence-corrected chi connectivity index (χ4v) is 4.93. The number of sulfonamides is 1. The van der Waals surface area contributed by atoms with Gasteiger partial charge in [-0.15, -0.1) is 0 Å². The lowest BCUT2D eigenvalue weighted by atomic mass is 10.1. The summed E-state index contributed by atoms with van der Waals surface area (Å²) >= 11 is 2.15. The highest BCUT2D eigenvalue weighted by Gasteiger charge is 2.23. The van der Waals surface area contributed by atoms with E-state index in [2.05, 4.69) is 51.4 Å². The van der Waals surface area contributed by atoms with Crippen LogP contribution in [0.5, 0.6) is 5.75 Å². The molecule has 0 unspecified atom stereocenters. The lowest BCUT2D eigenvalue weighted by Crippen LogP contribution is -2.54. The molecule has 2 aromatic rings. The zero-order valence-electron chi connectivity index (χ0n) is 17.1. The number of piperazine rings is 1. The molecule has 2 atom stereocenters. The second kappa shape index (κ2) is 9.09. The molecular formula is C21H28IN3O3S. The van der Waals surface area contributed by atoms with Crippen LogP contribution in [0.3, 0.4) is 0 Å². The molecule has 158 valence electrons. The van der Waals surface area contributed by atoms with Gasteiger partial charge in [-0.25, -0.2) is 8.42 Å². The van der Waals surface area contributed by atoms with Gasteiger partial charge in [-0.2, -0.15) is 0 Å². The fraction of sp³-hybridized carbons (Fsp3) is 0.429. The van der Waals surface area contributed by atoms with Crippen LogP contribution in [0.2, 0.25) is 0 Å². The average molecular weight is 529 g/mol. The van der Waals surface area contributed by atoms with Crippen molar-refractivity contribution in [3.8, 4) is 5.75 Å². The monoisotopic (exact) mass is 529 g/mol. The Balaban J connectivity index is 1.94. The third-order valence-electron chi connectivity index (χ3n) is 4.62. The molecule has 1 aliphatic rings. The standard InChI is InChI=1S/C21H28IN3O3S/c1-14(2)28-21-10-7-18(25-12-15(3)23-16(4)13-25)11-20(21)24-29(26,27)19-8-5-17(22)6-9-19/h5-11,14-16,23-24H,12-13H2,1-4H3/t15-,16+. The first-order valence-electron chi connectivity index (χ1n) is 9.74. The Kier molecular flexibility index (Phi) is 6.95. The third kappa shape index (κ3) is 5.76. The van der Waals surface area contributed by atoms with Gasteiger partial charge in [0.1, 0.15) is 5.75 Å². The van der Waals surface area contributed by atoms with Gasteiger partial charge in [-0.1, -0.05) is 0 Å². The van der Waals surface area contributed by atoms with E-state index in [1.54, 1.807) is 24.3 Å². The number of hydrogen-bond donors (Lipinski definition) is 2. The van der Waals surface area contributed by atoms with Crippen molar-refractivity contribution >= 4 is 44.0 Å². The van der Waals surface area contributed by atoms with Gasteiger partial charge in [0, 0.05) is 34.4 Å². The minimum absolute atomic E-state index is 0.0679. The molecule has 1 aliphatic heterocycles. The lowest BCUT2D eigenvalue weighted by molar-refractivity contribution is 0.244. The Bertz CT molecular complexity index is 938. The van der Waals surface area contributed by atoms with E-state index >= 15 is 0 Å². The summed E-state index contributed by atoms with van der Waals surface area (Å²) in [5, 5.41) is 3.52. The molecule has 29 heavy (non-hydrogen) atoms. The van der Waals surface area contributed by atoms with Gasteiger partial charge in [0.15, 0.2) is 0 Å². The molecular weight excluding hydrogens is 501 g/mol. The van der Waals surface area contributed by atoms with Crippen molar-refractivity contribution in [2.24, 2.45) is 0 Å². The molecule has 2 aromatic carbocycles. The van der Waals surface area contributed by atoms with Crippen LogP contribution in [0.1, 0.15) is 27.7 Å². The SMILES string of the molecule is CC(C)Oc1ccc(N2C[C@@H](C)N[C@@H](C)C2)cc1NS(=O)(=O)c1ccc(I)cc1. The highest BCUT2D eigenvalue weighted by molar-refractivity contribution is 14.1. The van der Waals surface area contributed by atoms with E-state index in [0.717, 1.165) is 22.3 Å². The Labute approximate surface area is 187 Å². The highest BCUT2D eigenvalue weighted by atomic mass is 127. The number of nitrogens with one attached hydrogen (secondary N) is 2. The number of nitrogens with zero attached hydrogens (tertiary/aromatic N) is 1. The van der Waals surface area contributed by atoms with Crippen molar-refractivity contribution in [1.82, 2.24) is 5.32 Å². The van der Waals surface area contributed by atoms with Crippen LogP contribution in [0.4, 0.5) is 11.4 Å². The van der Waals surface area contributed by atoms with Crippen molar-refractivity contribution in [2.45, 2.75) is 50.8 Å². The van der Waals surface area contributed by atoms with Crippen LogP contribution < -0.4 is 19.7 Å². The van der Waals surface area contributed by atoms with Crippen LogP contribution in [0, 0.1) is 3.57 Å². The molecule has 1 heterocycles. The van der Waals surface area contributed by atoms with E-state index in [-0.39, 0.29) is 11.0 Å². The van der Waals surface area contributed by atoms with Gasteiger partial charge in [0.25, 0.3) is 10.0 Å². The molecule has 0 aromatic heterocycles. The molecule has 3 rings (SSSR count). The Morgan fingerprint density at radius 1 is 1.10 bits per heavy atom. The maximum atomic E-state index is 12.9. The van der Waals surface area contributed by atoms with Gasteiger partial charge in [-0.3, -0.25) is 4.72 Å². The Morgan fingerprint density at radius 3 is 2.31 bits per heavy atom. The molecule has 0 amide bonds. The van der Waals surface area contributed by atoms with Crippen molar-refractivity contribution < 1.29 is 13.2 Å². The highest BCUT2D eigenvalue weighted by Crippen LogP contribution is 2.33. The van der Waals surface area contributed by atoms with Gasteiger partial charge >= 0.3 is 0 Å². The molecule has 1 fully saturated rings. The minimum atomic E-state index is -3.72. The molecule has 0 bridgehead atoms. The summed E-state index contributed by atoms with van der Waals surface area (Å²) < 4.78 is 35.5. The smallest absolute Gasteiger partial charge is 0.262 e. The van der Waals surface area contributed by atoms with Crippen molar-refractivity contribution in [2.75, 3.05) is 22.7 Å². The summed E-state index contributed by atoms with van der Waals surface area (Å²) in [5.74, 6) is 0.522. The Morgan fingerprint density at radius 2 is 1.72 bits per heavy atom. The Hall–Kier alpha value is -1.52. The van der Waals surface area contributed by atoms with E-state index in [4.69, 9.17) is 4.74 Å². The molecule has 6 nitrogen and oxygen atoms in total. The van der Waals surface area contributed by atoms with E-state index in [9.17, 15) is 8.42 Å². The van der Waals surface area contributed by atoms with Crippen molar-refractivity contribution in [3.05, 3.63) is 46.0 Å². The average Bonchev–Trinajstić information content (AvgIpc) is 2.62. The first-order valence-corrected chi connectivity index (χ1v) is 12.3. The normalized spacial score (nSPS) is 20.0. The van der Waals surface area contributed by atoms with E-state index < -0.39 is 10.0 Å². The molecule has 1 saturated heterocycles. The summed E-state index contributed by atoms with van der Waals surface area (Å²) in [6.07, 6.45) is -0.0679. The molecule has 0 spiro atoms. The van der Waals surface area contributed by atoms with Gasteiger partial charge < -0.3 is 15.0 Å². The number of ether oxygens (including phenoxy) is 1. The first-order chi connectivity index (χ1) is 13.6. The number of halogens is 1. The summed E-state index contributed by atoms with van der Waals surface area (Å²) in [7, 11) is -3.72. The van der Waals surface area contributed by atoms with Gasteiger partial charge in [-0.05, 0) is 92.8 Å². The topological polar surface area (TPSA) is 70.7 Å². The third-order valence-corrected chi connectivity index (χ3v) is 6.72. The van der Waals surface area contributed by atoms with Crippen LogP contribution in [0.15, 0.2) is 47.4 Å². The molecule has 0 aliphatic carbocycles. The summed E-state index contributed by atoms with van der Waals surface area (Å²) in [5.41, 5.74) is 1.43. The largest absolute Gasteiger partial charge is 0.489 e. The quantitative estimate of drug-likeness (QED) is 0.553. The minimum Gasteiger partial charge on any atom is -0.489 e. The second-order valence-electron chi connectivity index (χ2n) is 7.78. The van der Waals surface area contributed by atoms with Crippen LogP contribution in [0.25, 0.3) is 0 Å². The second-order valence-corrected chi connectivity index (χ2v) is 10.7.